The zero-order chi connectivity index (χ0) is 38.6. The van der Waals surface area contributed by atoms with Crippen molar-refractivity contribution in [1.82, 2.24) is 28.7 Å². The summed E-state index contributed by atoms with van der Waals surface area (Å²) in [5.74, 6) is 0. The molecule has 7 heteroatoms. The van der Waals surface area contributed by atoms with Crippen LogP contribution in [-0.2, 0) is 0 Å². The second-order valence-electron chi connectivity index (χ2n) is 14.3. The van der Waals surface area contributed by atoms with Gasteiger partial charge in [-0.3, -0.25) is 15.0 Å². The Kier molecular flexibility index (Phi) is 7.82. The highest BCUT2D eigenvalue weighted by atomic mass is 15.2. The molecule has 0 aliphatic rings. The van der Waals surface area contributed by atoms with E-state index in [0.29, 0.717) is 0 Å². The molecule has 274 valence electrons. The van der Waals surface area contributed by atoms with Gasteiger partial charge >= 0.3 is 0 Å². The van der Waals surface area contributed by atoms with Gasteiger partial charge in [-0.05, 0) is 84.9 Å². The van der Waals surface area contributed by atoms with Gasteiger partial charge in [-0.15, -0.1) is 0 Å². The zero-order valence-corrected chi connectivity index (χ0v) is 31.4. The van der Waals surface area contributed by atoms with Crippen molar-refractivity contribution >= 4 is 83.0 Å². The van der Waals surface area contributed by atoms with Crippen molar-refractivity contribution in [1.29, 1.82) is 0 Å². The zero-order valence-electron chi connectivity index (χ0n) is 31.4. The summed E-state index contributed by atoms with van der Waals surface area (Å²) in [7, 11) is 0. The topological polar surface area (TPSA) is 56.7 Å². The maximum atomic E-state index is 4.68. The van der Waals surface area contributed by atoms with Crippen LogP contribution in [0.4, 0.5) is 11.4 Å². The molecule has 0 N–H and O–H groups in total. The molecule has 11 aromatic rings. The van der Waals surface area contributed by atoms with E-state index in [4.69, 9.17) is 0 Å². The van der Waals surface area contributed by atoms with Crippen molar-refractivity contribution in [2.24, 2.45) is 0 Å². The Morgan fingerprint density at radius 2 is 0.897 bits per heavy atom. The molecule has 7 nitrogen and oxygen atoms in total. The standard InChI is InChI=1S/C51H35N7/c1-35(12-8-9-29-55-46-20-5-2-17-40(46)43-23-26-52-32-49(43)55)56(36-13-10-15-38(30-36)57-47-21-6-3-18-41(47)44-24-27-53-33-50(44)57)37-14-11-16-39(31-37)58-48-22-7-4-19-42(48)45-25-28-54-34-51(45)58/h2-34H,1H2. The van der Waals surface area contributed by atoms with Crippen molar-refractivity contribution in [3.63, 3.8) is 0 Å². The van der Waals surface area contributed by atoms with E-state index in [0.717, 1.165) is 61.5 Å². The van der Waals surface area contributed by atoms with E-state index in [-0.39, 0.29) is 0 Å². The van der Waals surface area contributed by atoms with Crippen LogP contribution in [0, 0.1) is 0 Å². The van der Waals surface area contributed by atoms with Gasteiger partial charge in [0.2, 0.25) is 0 Å². The van der Waals surface area contributed by atoms with Gasteiger partial charge in [0.05, 0.1) is 51.7 Å². The van der Waals surface area contributed by atoms with Crippen molar-refractivity contribution in [2.75, 3.05) is 4.90 Å². The van der Waals surface area contributed by atoms with Crippen molar-refractivity contribution in [3.8, 4) is 11.4 Å². The van der Waals surface area contributed by atoms with E-state index in [2.05, 4.69) is 204 Å². The Labute approximate surface area is 334 Å². The predicted octanol–water partition coefficient (Wildman–Crippen LogP) is 12.6. The van der Waals surface area contributed by atoms with Crippen LogP contribution in [0.25, 0.3) is 83.0 Å². The van der Waals surface area contributed by atoms with Crippen LogP contribution < -0.4 is 4.90 Å². The highest BCUT2D eigenvalue weighted by Gasteiger charge is 2.18. The van der Waals surface area contributed by atoms with E-state index < -0.39 is 0 Å². The fourth-order valence-corrected chi connectivity index (χ4v) is 8.60. The first-order valence-corrected chi connectivity index (χ1v) is 19.3. The minimum atomic E-state index is 0.801. The Bertz CT molecular complexity index is 3130. The van der Waals surface area contributed by atoms with Crippen LogP contribution in [0.15, 0.2) is 207 Å². The normalized spacial score (nSPS) is 12.1. The summed E-state index contributed by atoms with van der Waals surface area (Å²) in [4.78, 5) is 15.7. The van der Waals surface area contributed by atoms with Crippen LogP contribution in [-0.4, -0.2) is 28.7 Å². The van der Waals surface area contributed by atoms with Gasteiger partial charge in [0, 0.05) is 85.6 Å². The van der Waals surface area contributed by atoms with Crippen molar-refractivity contribution < 1.29 is 0 Å². The molecule has 58 heavy (non-hydrogen) atoms. The van der Waals surface area contributed by atoms with Crippen LogP contribution in [0.3, 0.4) is 0 Å². The van der Waals surface area contributed by atoms with Gasteiger partial charge in [0.25, 0.3) is 0 Å². The van der Waals surface area contributed by atoms with Crippen LogP contribution in [0.5, 0.6) is 0 Å². The van der Waals surface area contributed by atoms with E-state index in [1.54, 1.807) is 0 Å². The van der Waals surface area contributed by atoms with Crippen molar-refractivity contribution in [2.45, 2.75) is 0 Å². The summed E-state index contributed by atoms with van der Waals surface area (Å²) in [5.41, 5.74) is 11.4. The molecule has 0 fully saturated rings. The number of aromatic nitrogens is 6. The monoisotopic (exact) mass is 745 g/mol. The van der Waals surface area contributed by atoms with Gasteiger partial charge in [0.15, 0.2) is 0 Å². The summed E-state index contributed by atoms with van der Waals surface area (Å²) in [5, 5.41) is 7.08. The number of anilines is 2. The minimum absolute atomic E-state index is 0.801. The second-order valence-corrected chi connectivity index (χ2v) is 14.3. The number of benzene rings is 5. The molecule has 0 aliphatic carbocycles. The summed E-state index contributed by atoms with van der Waals surface area (Å²) >= 11 is 0. The molecule has 0 bridgehead atoms. The predicted molar refractivity (Wildman–Crippen MR) is 240 cm³/mol. The first kappa shape index (κ1) is 33.3. The highest BCUT2D eigenvalue weighted by molar-refractivity contribution is 6.11. The quantitative estimate of drug-likeness (QED) is 0.145. The molecule has 0 spiro atoms. The Balaban J connectivity index is 1.05. The molecule has 0 aliphatic heterocycles. The molecule has 0 atom stereocenters. The molecule has 5 aromatic carbocycles. The number of fused-ring (bicyclic) bond motifs is 9. The summed E-state index contributed by atoms with van der Waals surface area (Å²) in [6.45, 7) is 4.68. The summed E-state index contributed by atoms with van der Waals surface area (Å²) in [6, 6.07) is 49.1. The lowest BCUT2D eigenvalue weighted by atomic mass is 10.1. The highest BCUT2D eigenvalue weighted by Crippen LogP contribution is 2.38. The number of pyridine rings is 3. The fraction of sp³-hybridized carbons (Fsp3) is 0. The molecule has 11 rings (SSSR count). The lowest BCUT2D eigenvalue weighted by Gasteiger charge is -2.27. The number of hydrogen-bond donors (Lipinski definition) is 0. The molecular formula is C51H35N7. The Morgan fingerprint density at radius 1 is 0.448 bits per heavy atom. The lowest BCUT2D eigenvalue weighted by molar-refractivity contribution is 1.14. The van der Waals surface area contributed by atoms with Crippen LogP contribution >= 0.6 is 0 Å². The number of para-hydroxylation sites is 3. The van der Waals surface area contributed by atoms with E-state index in [9.17, 15) is 0 Å². The van der Waals surface area contributed by atoms with E-state index in [1.807, 2.05) is 37.2 Å². The Morgan fingerprint density at radius 3 is 1.45 bits per heavy atom. The third kappa shape index (κ3) is 5.33. The van der Waals surface area contributed by atoms with E-state index in [1.165, 1.54) is 32.3 Å². The van der Waals surface area contributed by atoms with Gasteiger partial charge < -0.3 is 18.6 Å². The molecule has 0 radical (unpaired) electrons. The maximum Gasteiger partial charge on any atom is 0.0724 e. The molecule has 6 aromatic heterocycles. The number of allylic oxidation sites excluding steroid dienone is 3. The number of nitrogens with zero attached hydrogens (tertiary/aromatic N) is 7. The molecule has 0 amide bonds. The molecule has 6 heterocycles. The molecule has 0 saturated heterocycles. The van der Waals surface area contributed by atoms with Crippen molar-refractivity contribution in [3.05, 3.63) is 207 Å². The smallest absolute Gasteiger partial charge is 0.0724 e. The minimum Gasteiger partial charge on any atom is -0.314 e. The van der Waals surface area contributed by atoms with Gasteiger partial charge in [-0.2, -0.15) is 0 Å². The maximum absolute atomic E-state index is 4.68. The summed E-state index contributed by atoms with van der Waals surface area (Å²) in [6.07, 6.45) is 19.7. The molecular weight excluding hydrogens is 711 g/mol. The average Bonchev–Trinajstić information content (AvgIpc) is 3.91. The number of rotatable bonds is 8. The Hall–Kier alpha value is -8.03. The van der Waals surface area contributed by atoms with Crippen LogP contribution in [0.2, 0.25) is 0 Å². The number of hydrogen-bond acceptors (Lipinski definition) is 4. The SMILES string of the molecule is C=C(C=CC=Cn1c2ccccc2c2ccncc21)N(c1cccc(-n2c3ccccc3c3ccncc32)c1)c1cccc(-n2c3ccccc3c3ccncc32)c1. The van der Waals surface area contributed by atoms with Gasteiger partial charge in [0.1, 0.15) is 0 Å². The lowest BCUT2D eigenvalue weighted by Crippen LogP contribution is -2.15. The largest absolute Gasteiger partial charge is 0.314 e. The second kappa shape index (κ2) is 13.6. The van der Waals surface area contributed by atoms with Gasteiger partial charge in [-0.25, -0.2) is 0 Å². The average molecular weight is 746 g/mol. The van der Waals surface area contributed by atoms with E-state index >= 15 is 0 Å². The third-order valence-electron chi connectivity index (χ3n) is 11.1. The summed E-state index contributed by atoms with van der Waals surface area (Å²) < 4.78 is 6.78. The van der Waals surface area contributed by atoms with Crippen LogP contribution in [0.1, 0.15) is 0 Å². The first-order valence-electron chi connectivity index (χ1n) is 19.3. The molecule has 0 unspecified atom stereocenters. The first-order chi connectivity index (χ1) is 28.7. The van der Waals surface area contributed by atoms with Gasteiger partial charge in [-0.1, -0.05) is 79.4 Å². The molecule has 0 saturated carbocycles. The fourth-order valence-electron chi connectivity index (χ4n) is 8.60. The third-order valence-corrected chi connectivity index (χ3v) is 11.1.